The van der Waals surface area contributed by atoms with Crippen LogP contribution in [0.5, 0.6) is 0 Å². The van der Waals surface area contributed by atoms with Crippen molar-refractivity contribution in [3.05, 3.63) is 76.1 Å². The predicted octanol–water partition coefficient (Wildman–Crippen LogP) is 2.10. The lowest BCUT2D eigenvalue weighted by atomic mass is 10.1. The van der Waals surface area contributed by atoms with Crippen LogP contribution in [-0.4, -0.2) is 29.1 Å². The lowest BCUT2D eigenvalue weighted by Crippen LogP contribution is -2.35. The van der Waals surface area contributed by atoms with Gasteiger partial charge in [0.1, 0.15) is 5.56 Å². The lowest BCUT2D eigenvalue weighted by Gasteiger charge is -2.08. The molecule has 0 unspecified atom stereocenters. The third kappa shape index (κ3) is 4.09. The number of aromatic amines is 1. The summed E-state index contributed by atoms with van der Waals surface area (Å²) in [7, 11) is 0. The molecule has 1 heterocycles. The van der Waals surface area contributed by atoms with Gasteiger partial charge >= 0.3 is 0 Å². The van der Waals surface area contributed by atoms with Gasteiger partial charge in [0.25, 0.3) is 5.91 Å². The maximum atomic E-state index is 12.4. The molecule has 0 saturated carbocycles. The molecule has 1 aromatic heterocycles. The number of anilines is 1. The molecule has 2 amide bonds. The molecule has 0 aliphatic carbocycles. The molecule has 3 N–H and O–H groups in total. The Morgan fingerprint density at radius 2 is 1.81 bits per heavy atom. The number of amides is 2. The summed E-state index contributed by atoms with van der Waals surface area (Å²) in [4.78, 5) is 50.9. The summed E-state index contributed by atoms with van der Waals surface area (Å²) in [5.41, 5.74) is 1.07. The first-order valence-corrected chi connectivity index (χ1v) is 8.25. The average Bonchev–Trinajstić information content (AvgIpc) is 2.67. The third-order valence-electron chi connectivity index (χ3n) is 4.00. The summed E-state index contributed by atoms with van der Waals surface area (Å²) in [5.74, 6) is -1.23. The van der Waals surface area contributed by atoms with E-state index in [0.717, 1.165) is 0 Å². The molecule has 0 atom stereocenters. The van der Waals surface area contributed by atoms with E-state index in [1.165, 1.54) is 13.1 Å². The Morgan fingerprint density at radius 1 is 1.04 bits per heavy atom. The first-order valence-electron chi connectivity index (χ1n) is 8.25. The number of pyridine rings is 1. The molecule has 7 heteroatoms. The Balaban J connectivity index is 1.66. The van der Waals surface area contributed by atoms with E-state index < -0.39 is 17.2 Å². The van der Waals surface area contributed by atoms with Gasteiger partial charge < -0.3 is 15.6 Å². The molecule has 3 aromatic rings. The van der Waals surface area contributed by atoms with Crippen LogP contribution in [0.4, 0.5) is 5.69 Å². The molecule has 0 saturated heterocycles. The van der Waals surface area contributed by atoms with Gasteiger partial charge in [-0.05, 0) is 31.2 Å². The van der Waals surface area contributed by atoms with Crippen LogP contribution in [0.2, 0.25) is 0 Å². The first-order chi connectivity index (χ1) is 13.0. The SMILES string of the molecule is CC(=O)c1cccc(NC(=O)CNC(=O)c2c[nH]c3ccccc3c2=O)c1. The Morgan fingerprint density at radius 3 is 2.59 bits per heavy atom. The van der Waals surface area contributed by atoms with Crippen molar-refractivity contribution in [2.75, 3.05) is 11.9 Å². The number of rotatable bonds is 5. The van der Waals surface area contributed by atoms with Crippen molar-refractivity contribution in [3.63, 3.8) is 0 Å². The molecule has 0 bridgehead atoms. The molecule has 0 fully saturated rings. The average molecular weight is 363 g/mol. The van der Waals surface area contributed by atoms with Crippen LogP contribution in [0.1, 0.15) is 27.6 Å². The highest BCUT2D eigenvalue weighted by Crippen LogP contribution is 2.11. The summed E-state index contributed by atoms with van der Waals surface area (Å²) in [6, 6.07) is 13.3. The number of para-hydroxylation sites is 1. The van der Waals surface area contributed by atoms with Gasteiger partial charge in [-0.2, -0.15) is 0 Å². The van der Waals surface area contributed by atoms with Gasteiger partial charge in [0.15, 0.2) is 5.78 Å². The fourth-order valence-electron chi connectivity index (χ4n) is 2.61. The fraction of sp³-hybridized carbons (Fsp3) is 0.100. The van der Waals surface area contributed by atoms with Crippen molar-refractivity contribution in [2.24, 2.45) is 0 Å². The number of hydrogen-bond acceptors (Lipinski definition) is 4. The van der Waals surface area contributed by atoms with Gasteiger partial charge in [0, 0.05) is 28.4 Å². The first kappa shape index (κ1) is 18.1. The zero-order valence-corrected chi connectivity index (χ0v) is 14.5. The van der Waals surface area contributed by atoms with Crippen molar-refractivity contribution in [3.8, 4) is 0 Å². The van der Waals surface area contributed by atoms with Crippen molar-refractivity contribution in [1.82, 2.24) is 10.3 Å². The molecular formula is C20H17N3O4. The minimum atomic E-state index is -0.644. The summed E-state index contributed by atoms with van der Waals surface area (Å²) < 4.78 is 0. The van der Waals surface area contributed by atoms with E-state index in [9.17, 15) is 19.2 Å². The molecular weight excluding hydrogens is 346 g/mol. The van der Waals surface area contributed by atoms with Gasteiger partial charge in [-0.15, -0.1) is 0 Å². The number of hydrogen-bond donors (Lipinski definition) is 3. The van der Waals surface area contributed by atoms with Crippen LogP contribution < -0.4 is 16.1 Å². The Hall–Kier alpha value is -3.74. The lowest BCUT2D eigenvalue weighted by molar-refractivity contribution is -0.115. The zero-order chi connectivity index (χ0) is 19.4. The third-order valence-corrected chi connectivity index (χ3v) is 4.00. The molecule has 0 spiro atoms. The van der Waals surface area contributed by atoms with E-state index in [1.807, 2.05) is 0 Å². The van der Waals surface area contributed by atoms with E-state index in [4.69, 9.17) is 0 Å². The number of aromatic nitrogens is 1. The summed E-state index contributed by atoms with van der Waals surface area (Å²) in [5, 5.41) is 5.42. The van der Waals surface area contributed by atoms with Crippen LogP contribution in [0.25, 0.3) is 10.9 Å². The highest BCUT2D eigenvalue weighted by Gasteiger charge is 2.14. The van der Waals surface area contributed by atoms with Gasteiger partial charge in [-0.3, -0.25) is 19.2 Å². The second kappa shape index (κ2) is 7.65. The van der Waals surface area contributed by atoms with E-state index in [2.05, 4.69) is 15.6 Å². The highest BCUT2D eigenvalue weighted by atomic mass is 16.2. The number of carbonyl (C=O) groups excluding carboxylic acids is 3. The summed E-state index contributed by atoms with van der Waals surface area (Å²) in [6.07, 6.45) is 1.33. The smallest absolute Gasteiger partial charge is 0.257 e. The Bertz CT molecular complexity index is 1100. The number of ketones is 1. The molecule has 3 rings (SSSR count). The van der Waals surface area contributed by atoms with E-state index >= 15 is 0 Å². The van der Waals surface area contributed by atoms with E-state index in [1.54, 1.807) is 48.5 Å². The van der Waals surface area contributed by atoms with E-state index in [-0.39, 0.29) is 17.9 Å². The number of Topliss-reactive ketones (excluding diaryl/α,β-unsaturated/α-hetero) is 1. The van der Waals surface area contributed by atoms with E-state index in [0.29, 0.717) is 22.2 Å². The standard InChI is InChI=1S/C20H17N3O4/c1-12(24)13-5-4-6-14(9-13)23-18(25)11-22-20(27)16-10-21-17-8-3-2-7-15(17)19(16)26/h2-10H,11H2,1H3,(H,21,26)(H,22,27)(H,23,25). The Labute approximate surface area is 154 Å². The quantitative estimate of drug-likeness (QED) is 0.603. The fourth-order valence-corrected chi connectivity index (χ4v) is 2.61. The highest BCUT2D eigenvalue weighted by molar-refractivity contribution is 6.01. The number of benzene rings is 2. The Kier molecular flexibility index (Phi) is 5.12. The second-order valence-electron chi connectivity index (χ2n) is 5.94. The monoisotopic (exact) mass is 363 g/mol. The van der Waals surface area contributed by atoms with Crippen LogP contribution in [0, 0.1) is 0 Å². The molecule has 0 aliphatic rings. The minimum absolute atomic E-state index is 0.0694. The summed E-state index contributed by atoms with van der Waals surface area (Å²) in [6.45, 7) is 1.12. The largest absolute Gasteiger partial charge is 0.360 e. The summed E-state index contributed by atoms with van der Waals surface area (Å²) >= 11 is 0. The topological polar surface area (TPSA) is 108 Å². The molecule has 0 aliphatic heterocycles. The van der Waals surface area contributed by atoms with Crippen LogP contribution in [-0.2, 0) is 4.79 Å². The van der Waals surface area contributed by atoms with Gasteiger partial charge in [-0.25, -0.2) is 0 Å². The van der Waals surface area contributed by atoms with Crippen molar-refractivity contribution >= 4 is 34.2 Å². The van der Waals surface area contributed by atoms with Gasteiger partial charge in [0.2, 0.25) is 11.3 Å². The van der Waals surface area contributed by atoms with Crippen LogP contribution >= 0.6 is 0 Å². The number of carbonyl (C=O) groups is 3. The maximum Gasteiger partial charge on any atom is 0.257 e. The van der Waals surface area contributed by atoms with Crippen molar-refractivity contribution in [1.29, 1.82) is 0 Å². The molecule has 7 nitrogen and oxygen atoms in total. The molecule has 136 valence electrons. The van der Waals surface area contributed by atoms with Crippen molar-refractivity contribution in [2.45, 2.75) is 6.92 Å². The van der Waals surface area contributed by atoms with Crippen LogP contribution in [0.15, 0.2) is 59.5 Å². The maximum absolute atomic E-state index is 12.4. The van der Waals surface area contributed by atoms with Crippen molar-refractivity contribution < 1.29 is 14.4 Å². The van der Waals surface area contributed by atoms with Gasteiger partial charge in [-0.1, -0.05) is 24.3 Å². The number of H-pyrrole nitrogens is 1. The zero-order valence-electron chi connectivity index (χ0n) is 14.5. The number of nitrogens with one attached hydrogen (secondary N) is 3. The number of fused-ring (bicyclic) bond motifs is 1. The minimum Gasteiger partial charge on any atom is -0.360 e. The normalized spacial score (nSPS) is 10.4. The molecule has 0 radical (unpaired) electrons. The van der Waals surface area contributed by atoms with Crippen LogP contribution in [0.3, 0.4) is 0 Å². The van der Waals surface area contributed by atoms with Gasteiger partial charge in [0.05, 0.1) is 6.54 Å². The predicted molar refractivity (Wildman–Crippen MR) is 102 cm³/mol. The second-order valence-corrected chi connectivity index (χ2v) is 5.94. The molecule has 27 heavy (non-hydrogen) atoms. The molecule has 2 aromatic carbocycles.